The summed E-state index contributed by atoms with van der Waals surface area (Å²) < 4.78 is 0. The molecule has 0 spiro atoms. The van der Waals surface area contributed by atoms with Crippen LogP contribution in [0.25, 0.3) is 0 Å². The standard InChI is InChI=1S/C13H24N2O/c1-2-9-14-13(16)15-10-5-7-11-6-3-4-8-12(11)15/h11-12H,2-10H2,1H3,(H,14,16)/t11-,12-/m1/s1. The first-order valence-corrected chi connectivity index (χ1v) is 6.87. The quantitative estimate of drug-likeness (QED) is 0.768. The Hall–Kier alpha value is -0.730. The smallest absolute Gasteiger partial charge is 0.317 e. The first-order valence-electron chi connectivity index (χ1n) is 6.87. The van der Waals surface area contributed by atoms with Gasteiger partial charge in [-0.3, -0.25) is 0 Å². The molecule has 1 aliphatic heterocycles. The summed E-state index contributed by atoms with van der Waals surface area (Å²) in [7, 11) is 0. The van der Waals surface area contributed by atoms with E-state index in [1.807, 2.05) is 0 Å². The SMILES string of the molecule is CCCNC(=O)N1CCC[C@H]2CCCC[C@H]21. The van der Waals surface area contributed by atoms with Gasteiger partial charge in [-0.2, -0.15) is 0 Å². The zero-order chi connectivity index (χ0) is 11.4. The summed E-state index contributed by atoms with van der Waals surface area (Å²) in [6, 6.07) is 0.720. The summed E-state index contributed by atoms with van der Waals surface area (Å²) in [4.78, 5) is 14.1. The van der Waals surface area contributed by atoms with Crippen LogP contribution >= 0.6 is 0 Å². The zero-order valence-electron chi connectivity index (χ0n) is 10.4. The van der Waals surface area contributed by atoms with E-state index >= 15 is 0 Å². The molecule has 16 heavy (non-hydrogen) atoms. The molecule has 1 N–H and O–H groups in total. The lowest BCUT2D eigenvalue weighted by Crippen LogP contribution is -2.53. The van der Waals surface area contributed by atoms with Gasteiger partial charge in [-0.15, -0.1) is 0 Å². The van der Waals surface area contributed by atoms with Gasteiger partial charge in [0.25, 0.3) is 0 Å². The number of urea groups is 1. The minimum atomic E-state index is 0.179. The van der Waals surface area contributed by atoms with Crippen molar-refractivity contribution in [3.8, 4) is 0 Å². The second-order valence-corrected chi connectivity index (χ2v) is 5.18. The zero-order valence-corrected chi connectivity index (χ0v) is 10.4. The molecule has 2 rings (SSSR count). The van der Waals surface area contributed by atoms with Crippen molar-refractivity contribution in [1.82, 2.24) is 10.2 Å². The number of rotatable bonds is 2. The first-order chi connectivity index (χ1) is 7.83. The van der Waals surface area contributed by atoms with Crippen molar-refractivity contribution < 1.29 is 4.79 Å². The summed E-state index contributed by atoms with van der Waals surface area (Å²) in [5.74, 6) is 0.787. The molecule has 1 saturated carbocycles. The normalized spacial score (nSPS) is 29.7. The minimum Gasteiger partial charge on any atom is -0.338 e. The van der Waals surface area contributed by atoms with Gasteiger partial charge in [-0.25, -0.2) is 4.79 Å². The number of hydrogen-bond donors (Lipinski definition) is 1. The molecule has 0 radical (unpaired) electrons. The fourth-order valence-corrected chi connectivity index (χ4v) is 3.21. The molecule has 2 fully saturated rings. The molecule has 3 heteroatoms. The second-order valence-electron chi connectivity index (χ2n) is 5.18. The Morgan fingerprint density at radius 3 is 2.81 bits per heavy atom. The molecule has 2 aliphatic rings. The van der Waals surface area contributed by atoms with E-state index in [1.54, 1.807) is 0 Å². The van der Waals surface area contributed by atoms with Crippen LogP contribution in [0.3, 0.4) is 0 Å². The summed E-state index contributed by atoms with van der Waals surface area (Å²) in [6.45, 7) is 3.88. The molecule has 0 bridgehead atoms. The Morgan fingerprint density at radius 2 is 2.00 bits per heavy atom. The Morgan fingerprint density at radius 1 is 1.25 bits per heavy atom. The van der Waals surface area contributed by atoms with E-state index < -0.39 is 0 Å². The fourth-order valence-electron chi connectivity index (χ4n) is 3.21. The third-order valence-corrected chi connectivity index (χ3v) is 4.03. The molecule has 2 amide bonds. The Kier molecular flexibility index (Phi) is 4.08. The van der Waals surface area contributed by atoms with E-state index in [2.05, 4.69) is 17.1 Å². The Bertz CT molecular complexity index is 240. The number of likely N-dealkylation sites (tertiary alicyclic amines) is 1. The number of carbonyl (C=O) groups excluding carboxylic acids is 1. The van der Waals surface area contributed by atoms with Gasteiger partial charge in [0, 0.05) is 19.1 Å². The van der Waals surface area contributed by atoms with Crippen LogP contribution in [0, 0.1) is 5.92 Å². The molecule has 0 unspecified atom stereocenters. The van der Waals surface area contributed by atoms with Gasteiger partial charge in [0.2, 0.25) is 0 Å². The average molecular weight is 224 g/mol. The summed E-state index contributed by atoms with van der Waals surface area (Å²) >= 11 is 0. The fraction of sp³-hybridized carbons (Fsp3) is 0.923. The van der Waals surface area contributed by atoms with Gasteiger partial charge < -0.3 is 10.2 Å². The Balaban J connectivity index is 1.93. The number of nitrogens with one attached hydrogen (secondary N) is 1. The van der Waals surface area contributed by atoms with Gasteiger partial charge in [0.15, 0.2) is 0 Å². The van der Waals surface area contributed by atoms with Crippen LogP contribution in [-0.2, 0) is 0 Å². The number of amides is 2. The van der Waals surface area contributed by atoms with Gasteiger partial charge in [-0.05, 0) is 38.0 Å². The predicted molar refractivity (Wildman–Crippen MR) is 65.4 cm³/mol. The predicted octanol–water partition coefficient (Wildman–Crippen LogP) is 2.76. The van der Waals surface area contributed by atoms with Gasteiger partial charge in [0.1, 0.15) is 0 Å². The van der Waals surface area contributed by atoms with E-state index in [0.29, 0.717) is 6.04 Å². The molecule has 1 aliphatic carbocycles. The van der Waals surface area contributed by atoms with Crippen LogP contribution in [-0.4, -0.2) is 30.1 Å². The van der Waals surface area contributed by atoms with Gasteiger partial charge in [0.05, 0.1) is 0 Å². The van der Waals surface area contributed by atoms with Gasteiger partial charge >= 0.3 is 6.03 Å². The number of carbonyl (C=O) groups is 1. The highest BCUT2D eigenvalue weighted by Gasteiger charge is 2.35. The molecule has 0 aromatic heterocycles. The van der Waals surface area contributed by atoms with Crippen LogP contribution < -0.4 is 5.32 Å². The third kappa shape index (κ3) is 2.50. The highest BCUT2D eigenvalue weighted by Crippen LogP contribution is 2.35. The topological polar surface area (TPSA) is 32.3 Å². The van der Waals surface area contributed by atoms with Crippen LogP contribution in [0.2, 0.25) is 0 Å². The van der Waals surface area contributed by atoms with E-state index in [0.717, 1.165) is 25.4 Å². The lowest BCUT2D eigenvalue weighted by Gasteiger charge is -2.44. The van der Waals surface area contributed by atoms with E-state index in [1.165, 1.54) is 38.5 Å². The maximum atomic E-state index is 12.0. The second kappa shape index (κ2) is 5.55. The van der Waals surface area contributed by atoms with E-state index in [-0.39, 0.29) is 6.03 Å². The van der Waals surface area contributed by atoms with Crippen molar-refractivity contribution in [2.75, 3.05) is 13.1 Å². The number of piperidine rings is 1. The van der Waals surface area contributed by atoms with Crippen LogP contribution in [0.1, 0.15) is 51.9 Å². The molecule has 92 valence electrons. The molecule has 1 heterocycles. The van der Waals surface area contributed by atoms with Crippen LogP contribution in [0.4, 0.5) is 4.79 Å². The molecule has 0 aromatic carbocycles. The van der Waals surface area contributed by atoms with E-state index in [9.17, 15) is 4.79 Å². The molecule has 3 nitrogen and oxygen atoms in total. The molecular formula is C13H24N2O. The van der Waals surface area contributed by atoms with Crippen LogP contribution in [0.5, 0.6) is 0 Å². The summed E-state index contributed by atoms with van der Waals surface area (Å²) in [5.41, 5.74) is 0. The Labute approximate surface area is 98.6 Å². The molecule has 0 aromatic rings. The van der Waals surface area contributed by atoms with E-state index in [4.69, 9.17) is 0 Å². The third-order valence-electron chi connectivity index (χ3n) is 4.03. The highest BCUT2D eigenvalue weighted by molar-refractivity contribution is 5.74. The highest BCUT2D eigenvalue weighted by atomic mass is 16.2. The van der Waals surface area contributed by atoms with Crippen molar-refractivity contribution >= 4 is 6.03 Å². The van der Waals surface area contributed by atoms with Crippen molar-refractivity contribution in [3.63, 3.8) is 0 Å². The largest absolute Gasteiger partial charge is 0.338 e. The first kappa shape index (κ1) is 11.7. The number of fused-ring (bicyclic) bond motifs is 1. The molecular weight excluding hydrogens is 200 g/mol. The average Bonchev–Trinajstić information content (AvgIpc) is 2.35. The monoisotopic (exact) mass is 224 g/mol. The summed E-state index contributed by atoms with van der Waals surface area (Å²) in [5, 5.41) is 3.02. The minimum absolute atomic E-state index is 0.179. The maximum absolute atomic E-state index is 12.0. The van der Waals surface area contributed by atoms with Crippen molar-refractivity contribution in [1.29, 1.82) is 0 Å². The van der Waals surface area contributed by atoms with Crippen LogP contribution in [0.15, 0.2) is 0 Å². The lowest BCUT2D eigenvalue weighted by molar-refractivity contribution is 0.0843. The van der Waals surface area contributed by atoms with Crippen molar-refractivity contribution in [2.24, 2.45) is 5.92 Å². The molecule has 2 atom stereocenters. The van der Waals surface area contributed by atoms with Crippen molar-refractivity contribution in [2.45, 2.75) is 57.9 Å². The maximum Gasteiger partial charge on any atom is 0.317 e. The van der Waals surface area contributed by atoms with Crippen molar-refractivity contribution in [3.05, 3.63) is 0 Å². The summed E-state index contributed by atoms with van der Waals surface area (Å²) in [6.07, 6.45) is 8.79. The molecule has 1 saturated heterocycles. The van der Waals surface area contributed by atoms with Gasteiger partial charge in [-0.1, -0.05) is 19.8 Å². The number of nitrogens with zero attached hydrogens (tertiary/aromatic N) is 1. The number of hydrogen-bond acceptors (Lipinski definition) is 1. The lowest BCUT2D eigenvalue weighted by atomic mass is 9.78.